The van der Waals surface area contributed by atoms with Gasteiger partial charge in [0.05, 0.1) is 0 Å². The summed E-state index contributed by atoms with van der Waals surface area (Å²) in [6.45, 7) is 7.23. The molecule has 0 aliphatic heterocycles. The summed E-state index contributed by atoms with van der Waals surface area (Å²) in [4.78, 5) is 0. The van der Waals surface area contributed by atoms with Crippen molar-refractivity contribution in [1.82, 2.24) is 0 Å². The van der Waals surface area contributed by atoms with Crippen LogP contribution in [-0.2, 0) is 0 Å². The highest BCUT2D eigenvalue weighted by atomic mass is 14.4. The maximum absolute atomic E-state index is 2.52. The summed E-state index contributed by atoms with van der Waals surface area (Å²) in [6, 6.07) is 9.99. The third-order valence-corrected chi connectivity index (χ3v) is 10.3. The molecule has 0 N–H and O–H groups in total. The summed E-state index contributed by atoms with van der Waals surface area (Å²) < 4.78 is 0. The monoisotopic (exact) mass is 436 g/mol. The van der Waals surface area contributed by atoms with Crippen LogP contribution >= 0.6 is 0 Å². The predicted molar refractivity (Wildman–Crippen MR) is 140 cm³/mol. The Labute approximate surface area is 200 Å². The number of benzene rings is 1. The molecule has 0 aromatic heterocycles. The molecule has 3 saturated carbocycles. The minimum absolute atomic E-state index is 0.741. The van der Waals surface area contributed by atoms with Crippen LogP contribution in [0.4, 0.5) is 0 Å². The zero-order chi connectivity index (χ0) is 22.3. The van der Waals surface area contributed by atoms with Gasteiger partial charge in [-0.05, 0) is 117 Å². The molecule has 1 unspecified atom stereocenters. The third-order valence-electron chi connectivity index (χ3n) is 10.3. The lowest BCUT2D eigenvalue weighted by molar-refractivity contribution is 0.137. The fourth-order valence-electron chi connectivity index (χ4n) is 8.01. The van der Waals surface area contributed by atoms with Crippen molar-refractivity contribution >= 4 is 0 Å². The maximum Gasteiger partial charge on any atom is -0.0162 e. The van der Waals surface area contributed by atoms with Crippen molar-refractivity contribution in [2.24, 2.45) is 29.6 Å². The molecule has 0 nitrogen and oxygen atoms in total. The molecule has 0 spiro atoms. The molecular weight excluding hydrogens is 384 g/mol. The Balaban J connectivity index is 1.23. The fourth-order valence-corrected chi connectivity index (χ4v) is 8.01. The lowest BCUT2D eigenvalue weighted by Gasteiger charge is -2.39. The molecule has 0 heteroatoms. The Kier molecular flexibility index (Phi) is 9.19. The quantitative estimate of drug-likeness (QED) is 0.380. The molecule has 0 heterocycles. The maximum atomic E-state index is 2.52. The summed E-state index contributed by atoms with van der Waals surface area (Å²) in [5.41, 5.74) is 3.23. The Morgan fingerprint density at radius 3 is 1.59 bits per heavy atom. The molecule has 180 valence electrons. The van der Waals surface area contributed by atoms with E-state index in [0.29, 0.717) is 0 Å². The smallest absolute Gasteiger partial charge is 0.0162 e. The molecule has 0 saturated heterocycles. The number of rotatable bonds is 8. The molecule has 32 heavy (non-hydrogen) atoms. The van der Waals surface area contributed by atoms with E-state index < -0.39 is 0 Å². The van der Waals surface area contributed by atoms with Gasteiger partial charge in [-0.3, -0.25) is 0 Å². The zero-order valence-corrected chi connectivity index (χ0v) is 21.7. The van der Waals surface area contributed by atoms with Gasteiger partial charge < -0.3 is 0 Å². The standard InChI is InChI=1S/C32H52/c1-4-6-25-8-12-29(13-9-25)31-20-16-27(17-21-31)24(3)28-18-22-32(23-19-28)30-14-10-26(7-5-2)11-15-30/h16-17,20-21,24-26,28-30,32H,4-15,18-19,22-23H2,1-3H3. The summed E-state index contributed by atoms with van der Waals surface area (Å²) in [6.07, 6.45) is 23.6. The Bertz CT molecular complexity index is 633. The Morgan fingerprint density at radius 1 is 0.625 bits per heavy atom. The molecule has 0 radical (unpaired) electrons. The first-order chi connectivity index (χ1) is 15.7. The first kappa shape index (κ1) is 24.3. The first-order valence-electron chi connectivity index (χ1n) is 14.8. The third kappa shape index (κ3) is 6.21. The summed E-state index contributed by atoms with van der Waals surface area (Å²) >= 11 is 0. The predicted octanol–water partition coefficient (Wildman–Crippen LogP) is 10.3. The van der Waals surface area contributed by atoms with Crippen molar-refractivity contribution in [1.29, 1.82) is 0 Å². The minimum Gasteiger partial charge on any atom is -0.0654 e. The molecule has 0 bridgehead atoms. The average molecular weight is 437 g/mol. The topological polar surface area (TPSA) is 0 Å². The number of hydrogen-bond acceptors (Lipinski definition) is 0. The summed E-state index contributed by atoms with van der Waals surface area (Å²) in [5, 5.41) is 0. The second-order valence-electron chi connectivity index (χ2n) is 12.2. The van der Waals surface area contributed by atoms with Gasteiger partial charge >= 0.3 is 0 Å². The zero-order valence-electron chi connectivity index (χ0n) is 21.7. The van der Waals surface area contributed by atoms with Gasteiger partial charge in [0.2, 0.25) is 0 Å². The average Bonchev–Trinajstić information content (AvgIpc) is 2.85. The van der Waals surface area contributed by atoms with Crippen molar-refractivity contribution in [3.8, 4) is 0 Å². The van der Waals surface area contributed by atoms with Crippen LogP contribution in [0.1, 0.15) is 146 Å². The van der Waals surface area contributed by atoms with Crippen molar-refractivity contribution in [2.75, 3.05) is 0 Å². The van der Waals surface area contributed by atoms with E-state index in [9.17, 15) is 0 Å². The molecule has 3 aliphatic rings. The van der Waals surface area contributed by atoms with Crippen LogP contribution in [0.5, 0.6) is 0 Å². The van der Waals surface area contributed by atoms with E-state index in [2.05, 4.69) is 45.0 Å². The van der Waals surface area contributed by atoms with Crippen LogP contribution in [-0.4, -0.2) is 0 Å². The van der Waals surface area contributed by atoms with Crippen LogP contribution in [0, 0.1) is 29.6 Å². The molecule has 1 atom stereocenters. The van der Waals surface area contributed by atoms with Crippen LogP contribution in [0.25, 0.3) is 0 Å². The highest BCUT2D eigenvalue weighted by molar-refractivity contribution is 5.28. The van der Waals surface area contributed by atoms with Gasteiger partial charge in [-0.15, -0.1) is 0 Å². The van der Waals surface area contributed by atoms with Crippen LogP contribution in [0.3, 0.4) is 0 Å². The van der Waals surface area contributed by atoms with Gasteiger partial charge in [0, 0.05) is 0 Å². The second-order valence-corrected chi connectivity index (χ2v) is 12.2. The van der Waals surface area contributed by atoms with E-state index in [-0.39, 0.29) is 0 Å². The van der Waals surface area contributed by atoms with Gasteiger partial charge in [0.1, 0.15) is 0 Å². The van der Waals surface area contributed by atoms with Crippen LogP contribution < -0.4 is 0 Å². The molecule has 3 fully saturated rings. The number of hydrogen-bond donors (Lipinski definition) is 0. The highest BCUT2D eigenvalue weighted by Gasteiger charge is 2.32. The van der Waals surface area contributed by atoms with E-state index >= 15 is 0 Å². The van der Waals surface area contributed by atoms with E-state index in [4.69, 9.17) is 0 Å². The van der Waals surface area contributed by atoms with Crippen molar-refractivity contribution in [2.45, 2.75) is 135 Å². The lowest BCUT2D eigenvalue weighted by Crippen LogP contribution is -2.27. The minimum atomic E-state index is 0.741. The van der Waals surface area contributed by atoms with Gasteiger partial charge in [-0.25, -0.2) is 0 Å². The Morgan fingerprint density at radius 2 is 1.09 bits per heavy atom. The van der Waals surface area contributed by atoms with E-state index in [1.807, 2.05) is 0 Å². The van der Waals surface area contributed by atoms with Crippen molar-refractivity contribution < 1.29 is 0 Å². The Hall–Kier alpha value is -0.780. The van der Waals surface area contributed by atoms with Gasteiger partial charge in [0.15, 0.2) is 0 Å². The summed E-state index contributed by atoms with van der Waals surface area (Å²) in [5.74, 6) is 6.66. The molecule has 3 aliphatic carbocycles. The van der Waals surface area contributed by atoms with Gasteiger partial charge in [-0.1, -0.05) is 83.6 Å². The first-order valence-corrected chi connectivity index (χ1v) is 14.8. The molecule has 1 aromatic rings. The normalized spacial score (nSPS) is 34.8. The SMILES string of the molecule is CCCC1CCC(c2ccc(C(C)C3CCC(C4CCC(CCC)CC4)CC3)cc2)CC1. The highest BCUT2D eigenvalue weighted by Crippen LogP contribution is 2.45. The van der Waals surface area contributed by atoms with E-state index in [1.165, 1.54) is 103 Å². The van der Waals surface area contributed by atoms with Crippen LogP contribution in [0.2, 0.25) is 0 Å². The summed E-state index contributed by atoms with van der Waals surface area (Å²) in [7, 11) is 0. The van der Waals surface area contributed by atoms with Crippen molar-refractivity contribution in [3.05, 3.63) is 35.4 Å². The molecule has 1 aromatic carbocycles. The molecule has 4 rings (SSSR count). The van der Waals surface area contributed by atoms with E-state index in [0.717, 1.165) is 41.4 Å². The fraction of sp³-hybridized carbons (Fsp3) is 0.812. The van der Waals surface area contributed by atoms with E-state index in [1.54, 1.807) is 11.1 Å². The lowest BCUT2D eigenvalue weighted by atomic mass is 9.66. The van der Waals surface area contributed by atoms with Gasteiger partial charge in [0.25, 0.3) is 0 Å². The van der Waals surface area contributed by atoms with Crippen molar-refractivity contribution in [3.63, 3.8) is 0 Å². The second kappa shape index (κ2) is 12.1. The van der Waals surface area contributed by atoms with Gasteiger partial charge in [-0.2, -0.15) is 0 Å². The van der Waals surface area contributed by atoms with Crippen LogP contribution in [0.15, 0.2) is 24.3 Å². The molecular formula is C32H52. The largest absolute Gasteiger partial charge is 0.0654 e. The molecule has 0 amide bonds.